The van der Waals surface area contributed by atoms with Crippen molar-refractivity contribution in [1.29, 1.82) is 0 Å². The molecule has 3 aromatic heterocycles. The van der Waals surface area contributed by atoms with E-state index in [1.807, 2.05) is 6.07 Å². The molecule has 0 aliphatic heterocycles. The maximum Gasteiger partial charge on any atom is 0.315 e. The van der Waals surface area contributed by atoms with E-state index in [0.29, 0.717) is 29.2 Å². The summed E-state index contributed by atoms with van der Waals surface area (Å²) < 4.78 is 2.16. The van der Waals surface area contributed by atoms with Crippen molar-refractivity contribution >= 4 is 39.6 Å². The molecule has 3 N–H and O–H groups in total. The van der Waals surface area contributed by atoms with Gasteiger partial charge >= 0.3 is 11.8 Å². The number of H-pyrrole nitrogens is 1. The Morgan fingerprint density at radius 1 is 1.19 bits per heavy atom. The molecule has 0 aromatic carbocycles. The van der Waals surface area contributed by atoms with Crippen LogP contribution in [0.5, 0.6) is 0 Å². The fourth-order valence-electron chi connectivity index (χ4n) is 6.69. The normalized spacial score (nSPS) is 31.5. The third kappa shape index (κ3) is 2.72. The third-order valence-electron chi connectivity index (χ3n) is 7.58. The first kappa shape index (κ1) is 18.8. The number of likely N-dealkylation sites (N-methyl/N-ethyl adjacent to an activating group) is 1. The molecule has 0 radical (unpaired) electrons. The highest BCUT2D eigenvalue weighted by molar-refractivity contribution is 6.40. The van der Waals surface area contributed by atoms with Crippen LogP contribution in [0.4, 0.5) is 5.82 Å². The molecule has 9 heteroatoms. The second-order valence-corrected chi connectivity index (χ2v) is 9.90. The monoisotopic (exact) mass is 422 g/mol. The molecule has 162 valence electrons. The first-order chi connectivity index (χ1) is 14.8. The van der Waals surface area contributed by atoms with Crippen molar-refractivity contribution in [2.75, 3.05) is 19.4 Å². The van der Waals surface area contributed by atoms with Gasteiger partial charge < -0.3 is 15.3 Å². The molecular formula is C22H26N6O3. The second kappa shape index (κ2) is 6.29. The quantitative estimate of drug-likeness (QED) is 0.547. The molecule has 4 fully saturated rings. The summed E-state index contributed by atoms with van der Waals surface area (Å²) in [5, 5.41) is 18.9. The highest BCUT2D eigenvalue weighted by atomic mass is 16.3. The van der Waals surface area contributed by atoms with Gasteiger partial charge in [-0.1, -0.05) is 0 Å². The number of hydrogen-bond donors (Lipinski definition) is 3. The average Bonchev–Trinajstić information content (AvgIpc) is 3.30. The summed E-state index contributed by atoms with van der Waals surface area (Å²) in [7, 11) is 3.10. The molecule has 7 rings (SSSR count). The maximum absolute atomic E-state index is 12.5. The number of rotatable bonds is 2. The highest BCUT2D eigenvalue weighted by Gasteiger charge is 2.55. The number of aromatic nitrogens is 4. The number of nitrogens with one attached hydrogen (secondary N) is 2. The summed E-state index contributed by atoms with van der Waals surface area (Å²) in [4.78, 5) is 34.7. The van der Waals surface area contributed by atoms with Crippen molar-refractivity contribution in [2.45, 2.75) is 43.7 Å². The Labute approximate surface area is 178 Å². The summed E-state index contributed by atoms with van der Waals surface area (Å²) in [5.74, 6) is 0.510. The Kier molecular flexibility index (Phi) is 3.81. The molecule has 31 heavy (non-hydrogen) atoms. The average molecular weight is 422 g/mol. The summed E-state index contributed by atoms with van der Waals surface area (Å²) in [6, 6.07) is 2.14. The standard InChI is InChI=1S/C22H26N6O3/c1-27(2)21(30)20(29)25-19-15-10-24-18-14(3-4-23-18)17(15)28(26-19)16-12-5-11-6-13(16)9-22(31,7-11)8-12/h3-4,10-13,16,26,31H,5-9H2,1-2H3,(H,25,29)/t11?,12-,13+,16?,22?. The predicted molar refractivity (Wildman–Crippen MR) is 114 cm³/mol. The number of aliphatic hydroxyl groups is 1. The van der Waals surface area contributed by atoms with Crippen LogP contribution in [0.25, 0.3) is 21.9 Å². The molecule has 3 aromatic rings. The van der Waals surface area contributed by atoms with Crippen molar-refractivity contribution in [3.63, 3.8) is 0 Å². The second-order valence-electron chi connectivity index (χ2n) is 9.90. The van der Waals surface area contributed by atoms with Crippen LogP contribution in [-0.2, 0) is 9.59 Å². The van der Waals surface area contributed by atoms with Gasteiger partial charge in [0, 0.05) is 31.9 Å². The first-order valence-corrected chi connectivity index (χ1v) is 10.9. The van der Waals surface area contributed by atoms with Gasteiger partial charge in [0.2, 0.25) is 0 Å². The number of fused-ring (bicyclic) bond motifs is 3. The topological polar surface area (TPSA) is 116 Å². The molecule has 4 aliphatic carbocycles. The van der Waals surface area contributed by atoms with E-state index in [0.717, 1.165) is 48.4 Å². The zero-order valence-electron chi connectivity index (χ0n) is 17.6. The van der Waals surface area contributed by atoms with Gasteiger partial charge in [0.15, 0.2) is 5.65 Å². The lowest BCUT2D eigenvalue weighted by atomic mass is 9.52. The zero-order chi connectivity index (χ0) is 21.5. The van der Waals surface area contributed by atoms with Crippen molar-refractivity contribution in [2.24, 2.45) is 17.8 Å². The smallest absolute Gasteiger partial charge is 0.315 e. The Morgan fingerprint density at radius 3 is 2.61 bits per heavy atom. The van der Waals surface area contributed by atoms with E-state index in [9.17, 15) is 14.7 Å². The van der Waals surface area contributed by atoms with Crippen LogP contribution in [0.1, 0.15) is 38.1 Å². The van der Waals surface area contributed by atoms with Gasteiger partial charge in [0.25, 0.3) is 0 Å². The number of hydrogen-bond acceptors (Lipinski definition) is 5. The number of pyridine rings is 1. The molecule has 3 heterocycles. The van der Waals surface area contributed by atoms with Crippen LogP contribution < -0.4 is 5.32 Å². The predicted octanol–water partition coefficient (Wildman–Crippen LogP) is 2.05. The largest absolute Gasteiger partial charge is 0.390 e. The number of aromatic amines is 1. The molecule has 0 spiro atoms. The third-order valence-corrected chi connectivity index (χ3v) is 7.58. The number of carbonyl (C=O) groups excluding carboxylic acids is 2. The maximum atomic E-state index is 12.5. The van der Waals surface area contributed by atoms with Crippen molar-refractivity contribution in [3.05, 3.63) is 18.5 Å². The van der Waals surface area contributed by atoms with E-state index < -0.39 is 17.4 Å². The minimum Gasteiger partial charge on any atom is -0.390 e. The van der Waals surface area contributed by atoms with Gasteiger partial charge in [0.05, 0.1) is 22.5 Å². The Morgan fingerprint density at radius 2 is 1.94 bits per heavy atom. The zero-order valence-corrected chi connectivity index (χ0v) is 17.6. The number of amides is 2. The fraction of sp³-hybridized carbons (Fsp3) is 0.545. The summed E-state index contributed by atoms with van der Waals surface area (Å²) in [6.45, 7) is 0. The van der Waals surface area contributed by atoms with Crippen LogP contribution in [0.2, 0.25) is 0 Å². The molecular weight excluding hydrogens is 396 g/mol. The number of carbonyl (C=O) groups is 2. The Hall–Kier alpha value is -2.94. The fourth-order valence-corrected chi connectivity index (χ4v) is 6.69. The molecule has 9 nitrogen and oxygen atoms in total. The molecule has 2 amide bonds. The SMILES string of the molecule is CN(C)C(=O)C(=O)Nc1[nH]n(C2[C@@H]3CC4C[C@H]2CC(O)(C4)C3)c2c1cnc1nccc12. The van der Waals surface area contributed by atoms with Gasteiger partial charge in [-0.05, 0) is 55.9 Å². The van der Waals surface area contributed by atoms with Crippen molar-refractivity contribution in [1.82, 2.24) is 24.6 Å². The van der Waals surface area contributed by atoms with Crippen LogP contribution in [0.3, 0.4) is 0 Å². The van der Waals surface area contributed by atoms with Crippen molar-refractivity contribution < 1.29 is 14.7 Å². The molecule has 4 bridgehead atoms. The minimum absolute atomic E-state index is 0.204. The lowest BCUT2D eigenvalue weighted by molar-refractivity contribution is -0.148. The minimum atomic E-state index is -0.694. The van der Waals surface area contributed by atoms with Gasteiger partial charge in [-0.2, -0.15) is 0 Å². The number of anilines is 1. The molecule has 3 unspecified atom stereocenters. The molecule has 4 aliphatic rings. The van der Waals surface area contributed by atoms with Gasteiger partial charge in [-0.25, -0.2) is 9.97 Å². The van der Waals surface area contributed by atoms with E-state index >= 15 is 0 Å². The van der Waals surface area contributed by atoms with Gasteiger partial charge in [-0.15, -0.1) is 0 Å². The van der Waals surface area contributed by atoms with E-state index in [-0.39, 0.29) is 6.04 Å². The summed E-state index contributed by atoms with van der Waals surface area (Å²) in [5.41, 5.74) is 1.08. The van der Waals surface area contributed by atoms with E-state index in [1.165, 1.54) is 4.90 Å². The molecule has 5 atom stereocenters. The highest BCUT2D eigenvalue weighted by Crippen LogP contribution is 2.60. The van der Waals surface area contributed by atoms with Crippen LogP contribution in [-0.4, -0.2) is 61.3 Å². The lowest BCUT2D eigenvalue weighted by Crippen LogP contribution is -2.55. The van der Waals surface area contributed by atoms with Crippen LogP contribution >= 0.6 is 0 Å². The van der Waals surface area contributed by atoms with E-state index in [2.05, 4.69) is 25.1 Å². The Bertz CT molecular complexity index is 1210. The first-order valence-electron chi connectivity index (χ1n) is 10.9. The Balaban J connectivity index is 1.49. The van der Waals surface area contributed by atoms with Crippen LogP contribution in [0, 0.1) is 17.8 Å². The lowest BCUT2D eigenvalue weighted by Gasteiger charge is -2.58. The van der Waals surface area contributed by atoms with E-state index in [1.54, 1.807) is 26.5 Å². The summed E-state index contributed by atoms with van der Waals surface area (Å²) >= 11 is 0. The van der Waals surface area contributed by atoms with Gasteiger partial charge in [-0.3, -0.25) is 19.4 Å². The summed E-state index contributed by atoms with van der Waals surface area (Å²) in [6.07, 6.45) is 8.23. The van der Waals surface area contributed by atoms with Gasteiger partial charge in [0.1, 0.15) is 5.82 Å². The van der Waals surface area contributed by atoms with Crippen molar-refractivity contribution in [3.8, 4) is 0 Å². The van der Waals surface area contributed by atoms with E-state index in [4.69, 9.17) is 0 Å². The molecule has 4 saturated carbocycles. The van der Waals surface area contributed by atoms with Crippen LogP contribution in [0.15, 0.2) is 18.5 Å². The number of nitrogens with zero attached hydrogens (tertiary/aromatic N) is 4. The molecule has 0 saturated heterocycles.